The molecule has 0 spiro atoms. The van der Waals surface area contributed by atoms with Gasteiger partial charge in [0.25, 0.3) is 5.95 Å². The van der Waals surface area contributed by atoms with Gasteiger partial charge in [0.15, 0.2) is 0 Å². The Kier molecular flexibility index (Phi) is 2.26. The SMILES string of the molecule is NN=Nc1nc(N)c2c(n1)CCCC2. The van der Waals surface area contributed by atoms with Crippen LogP contribution >= 0.6 is 0 Å². The smallest absolute Gasteiger partial charge is 0.272 e. The van der Waals surface area contributed by atoms with Crippen LogP contribution in [0.3, 0.4) is 0 Å². The molecule has 0 saturated carbocycles. The minimum Gasteiger partial charge on any atom is -0.383 e. The quantitative estimate of drug-likeness (QED) is 0.392. The number of nitrogens with two attached hydrogens (primary N) is 2. The molecule has 4 N–H and O–H groups in total. The van der Waals surface area contributed by atoms with Gasteiger partial charge in [-0.05, 0) is 25.7 Å². The highest BCUT2D eigenvalue weighted by atomic mass is 15.3. The van der Waals surface area contributed by atoms with Gasteiger partial charge in [-0.1, -0.05) is 10.3 Å². The summed E-state index contributed by atoms with van der Waals surface area (Å²) in [5.41, 5.74) is 7.83. The third-order valence-electron chi connectivity index (χ3n) is 2.35. The van der Waals surface area contributed by atoms with Crippen molar-refractivity contribution in [3.05, 3.63) is 11.3 Å². The predicted octanol–water partition coefficient (Wildman–Crippen LogP) is 0.895. The van der Waals surface area contributed by atoms with Crippen molar-refractivity contribution in [1.29, 1.82) is 0 Å². The maximum atomic E-state index is 5.78. The Balaban J connectivity index is 2.46. The van der Waals surface area contributed by atoms with Crippen LogP contribution in [0.5, 0.6) is 0 Å². The first-order chi connectivity index (χ1) is 6.81. The van der Waals surface area contributed by atoms with Crippen molar-refractivity contribution in [1.82, 2.24) is 9.97 Å². The second kappa shape index (κ2) is 3.57. The van der Waals surface area contributed by atoms with Gasteiger partial charge in [0.05, 0.1) is 5.69 Å². The van der Waals surface area contributed by atoms with Gasteiger partial charge in [-0.15, -0.1) is 0 Å². The summed E-state index contributed by atoms with van der Waals surface area (Å²) in [6.45, 7) is 0. The summed E-state index contributed by atoms with van der Waals surface area (Å²) >= 11 is 0. The molecule has 6 heteroatoms. The summed E-state index contributed by atoms with van der Waals surface area (Å²) in [6, 6.07) is 0. The Hall–Kier alpha value is -1.72. The van der Waals surface area contributed by atoms with Crippen LogP contribution in [-0.4, -0.2) is 9.97 Å². The number of hydrogen-bond acceptors (Lipinski definition) is 5. The molecule has 1 aromatic rings. The van der Waals surface area contributed by atoms with E-state index in [9.17, 15) is 0 Å². The molecule has 1 aromatic heterocycles. The van der Waals surface area contributed by atoms with Crippen molar-refractivity contribution < 1.29 is 0 Å². The second-order valence-electron chi connectivity index (χ2n) is 3.26. The lowest BCUT2D eigenvalue weighted by atomic mass is 9.97. The third kappa shape index (κ3) is 1.50. The van der Waals surface area contributed by atoms with E-state index in [4.69, 9.17) is 11.6 Å². The van der Waals surface area contributed by atoms with Gasteiger partial charge in [-0.3, -0.25) is 0 Å². The van der Waals surface area contributed by atoms with E-state index in [2.05, 4.69) is 20.3 Å². The van der Waals surface area contributed by atoms with Crippen molar-refractivity contribution in [2.75, 3.05) is 5.73 Å². The molecule has 14 heavy (non-hydrogen) atoms. The monoisotopic (exact) mass is 192 g/mol. The Morgan fingerprint density at radius 1 is 1.14 bits per heavy atom. The number of aromatic nitrogens is 2. The van der Waals surface area contributed by atoms with E-state index in [1.54, 1.807) is 0 Å². The summed E-state index contributed by atoms with van der Waals surface area (Å²) in [4.78, 5) is 8.23. The summed E-state index contributed by atoms with van der Waals surface area (Å²) in [7, 11) is 0. The fraction of sp³-hybridized carbons (Fsp3) is 0.500. The van der Waals surface area contributed by atoms with Crippen LogP contribution in [0.25, 0.3) is 0 Å². The molecule has 1 aliphatic rings. The molecule has 0 atom stereocenters. The molecule has 0 aromatic carbocycles. The van der Waals surface area contributed by atoms with Crippen molar-refractivity contribution in [3.8, 4) is 0 Å². The average molecular weight is 192 g/mol. The number of anilines is 1. The number of rotatable bonds is 1. The highest BCUT2D eigenvalue weighted by molar-refractivity contribution is 5.46. The van der Waals surface area contributed by atoms with E-state index in [0.717, 1.165) is 36.9 Å². The van der Waals surface area contributed by atoms with E-state index in [1.807, 2.05) is 0 Å². The molecule has 2 rings (SSSR count). The Morgan fingerprint density at radius 2 is 1.93 bits per heavy atom. The number of nitrogen functional groups attached to an aromatic ring is 1. The minimum atomic E-state index is 0.255. The van der Waals surface area contributed by atoms with Crippen molar-refractivity contribution in [2.45, 2.75) is 25.7 Å². The molecule has 0 saturated heterocycles. The number of aryl methyl sites for hydroxylation is 1. The first-order valence-electron chi connectivity index (χ1n) is 4.57. The Morgan fingerprint density at radius 3 is 2.71 bits per heavy atom. The lowest BCUT2D eigenvalue weighted by molar-refractivity contribution is 0.664. The van der Waals surface area contributed by atoms with Gasteiger partial charge in [0.1, 0.15) is 5.82 Å². The van der Waals surface area contributed by atoms with Gasteiger partial charge in [0, 0.05) is 5.56 Å². The molecule has 0 aliphatic heterocycles. The third-order valence-corrected chi connectivity index (χ3v) is 2.35. The van der Waals surface area contributed by atoms with Gasteiger partial charge < -0.3 is 11.6 Å². The normalized spacial score (nSPS) is 15.7. The highest BCUT2D eigenvalue weighted by Gasteiger charge is 2.15. The molecule has 0 fully saturated rings. The first kappa shape index (κ1) is 8.86. The topological polar surface area (TPSA) is 103 Å². The van der Waals surface area contributed by atoms with Crippen LogP contribution < -0.4 is 11.6 Å². The molecule has 6 nitrogen and oxygen atoms in total. The van der Waals surface area contributed by atoms with Crippen LogP contribution in [0.1, 0.15) is 24.1 Å². The zero-order valence-corrected chi connectivity index (χ0v) is 7.77. The van der Waals surface area contributed by atoms with Crippen LogP contribution in [0.4, 0.5) is 11.8 Å². The minimum absolute atomic E-state index is 0.255. The van der Waals surface area contributed by atoms with Crippen molar-refractivity contribution >= 4 is 11.8 Å². The molecular formula is C8H12N6. The zero-order valence-electron chi connectivity index (χ0n) is 7.77. The largest absolute Gasteiger partial charge is 0.383 e. The standard InChI is InChI=1S/C8H12N6/c9-7-5-3-1-2-4-6(5)11-8(12-7)13-14-10/h1-4H2,(H4,9,10,11,12,13). The summed E-state index contributed by atoms with van der Waals surface area (Å²) in [5, 5.41) is 6.72. The molecule has 74 valence electrons. The average Bonchev–Trinajstić information content (AvgIpc) is 2.18. The Labute approximate surface area is 81.4 Å². The van der Waals surface area contributed by atoms with Crippen LogP contribution in [-0.2, 0) is 12.8 Å². The lowest BCUT2D eigenvalue weighted by Crippen LogP contribution is -2.10. The van der Waals surface area contributed by atoms with Crippen molar-refractivity contribution in [2.24, 2.45) is 16.2 Å². The molecule has 0 unspecified atom stereocenters. The van der Waals surface area contributed by atoms with E-state index in [-0.39, 0.29) is 5.95 Å². The highest BCUT2D eigenvalue weighted by Crippen LogP contribution is 2.25. The van der Waals surface area contributed by atoms with Gasteiger partial charge in [0.2, 0.25) is 0 Å². The molecule has 1 heterocycles. The lowest BCUT2D eigenvalue weighted by Gasteiger charge is -2.15. The van der Waals surface area contributed by atoms with E-state index in [0.29, 0.717) is 5.82 Å². The molecule has 0 radical (unpaired) electrons. The van der Waals surface area contributed by atoms with Crippen molar-refractivity contribution in [3.63, 3.8) is 0 Å². The maximum Gasteiger partial charge on any atom is 0.272 e. The predicted molar refractivity (Wildman–Crippen MR) is 51.8 cm³/mol. The van der Waals surface area contributed by atoms with Crippen LogP contribution in [0.15, 0.2) is 10.3 Å². The molecule has 0 amide bonds. The molecule has 0 bridgehead atoms. The van der Waals surface area contributed by atoms with Gasteiger partial charge in [-0.25, -0.2) is 4.98 Å². The number of hydrogen-bond donors (Lipinski definition) is 2. The van der Waals surface area contributed by atoms with E-state index >= 15 is 0 Å². The second-order valence-corrected chi connectivity index (χ2v) is 3.26. The molecule has 1 aliphatic carbocycles. The van der Waals surface area contributed by atoms with E-state index < -0.39 is 0 Å². The summed E-state index contributed by atoms with van der Waals surface area (Å²) in [5.74, 6) is 5.69. The van der Waals surface area contributed by atoms with Gasteiger partial charge in [-0.2, -0.15) is 4.98 Å². The fourth-order valence-electron chi connectivity index (χ4n) is 1.71. The summed E-state index contributed by atoms with van der Waals surface area (Å²) < 4.78 is 0. The number of nitrogens with zero attached hydrogens (tertiary/aromatic N) is 4. The fourth-order valence-corrected chi connectivity index (χ4v) is 1.71. The Bertz CT molecular complexity index is 372. The zero-order chi connectivity index (χ0) is 9.97. The van der Waals surface area contributed by atoms with Crippen LogP contribution in [0.2, 0.25) is 0 Å². The number of fused-ring (bicyclic) bond motifs is 1. The first-order valence-corrected chi connectivity index (χ1v) is 4.57. The van der Waals surface area contributed by atoms with Gasteiger partial charge >= 0.3 is 0 Å². The van der Waals surface area contributed by atoms with Crippen LogP contribution in [0, 0.1) is 0 Å². The molecular weight excluding hydrogens is 180 g/mol. The van der Waals surface area contributed by atoms with E-state index in [1.165, 1.54) is 0 Å². The maximum absolute atomic E-state index is 5.78. The summed E-state index contributed by atoms with van der Waals surface area (Å²) in [6.07, 6.45) is 4.19.